The number of piperidine rings is 1. The van der Waals surface area contributed by atoms with E-state index in [4.69, 9.17) is 33.3 Å². The van der Waals surface area contributed by atoms with Gasteiger partial charge in [0.25, 0.3) is 0 Å². The number of thiocarbonyl (C=S) groups is 1. The lowest BCUT2D eigenvalue weighted by Crippen LogP contribution is -2.43. The summed E-state index contributed by atoms with van der Waals surface area (Å²) in [6.45, 7) is 3.27. The molecule has 3 aromatic heterocycles. The summed E-state index contributed by atoms with van der Waals surface area (Å²) in [6.07, 6.45) is 2.73. The molecule has 0 amide bonds. The zero-order valence-electron chi connectivity index (χ0n) is 20.1. The first-order valence-electron chi connectivity index (χ1n) is 11.6. The lowest BCUT2D eigenvalue weighted by Gasteiger charge is -2.33. The van der Waals surface area contributed by atoms with Gasteiger partial charge in [0.2, 0.25) is 5.88 Å². The van der Waals surface area contributed by atoms with Crippen LogP contribution in [0.25, 0.3) is 11.0 Å². The van der Waals surface area contributed by atoms with E-state index < -0.39 is 6.10 Å². The van der Waals surface area contributed by atoms with E-state index in [0.717, 1.165) is 37.4 Å². The second-order valence-electron chi connectivity index (χ2n) is 8.70. The van der Waals surface area contributed by atoms with E-state index in [-0.39, 0.29) is 24.8 Å². The summed E-state index contributed by atoms with van der Waals surface area (Å²) in [5.41, 5.74) is 2.77. The Bertz CT molecular complexity index is 1250. The SMILES string of the molecule is COc1ccc2ncc(Cl)c(C(O)CN3CCC(NCc4ccc5c(n4)NC(=S)CO5)CC3)c2n1.Cl.Cl. The highest BCUT2D eigenvalue weighted by atomic mass is 35.5. The molecule has 0 radical (unpaired) electrons. The van der Waals surface area contributed by atoms with Crippen molar-refractivity contribution in [2.24, 2.45) is 0 Å². The monoisotopic (exact) mass is 586 g/mol. The molecule has 0 bridgehead atoms. The van der Waals surface area contributed by atoms with Crippen molar-refractivity contribution in [1.29, 1.82) is 0 Å². The summed E-state index contributed by atoms with van der Waals surface area (Å²) in [6, 6.07) is 7.84. The minimum absolute atomic E-state index is 0. The lowest BCUT2D eigenvalue weighted by atomic mass is 10.0. The Labute approximate surface area is 238 Å². The number of aromatic nitrogens is 3. The topological polar surface area (TPSA) is 105 Å². The van der Waals surface area contributed by atoms with Gasteiger partial charge in [-0.3, -0.25) is 4.98 Å². The number of aliphatic hydroxyl groups is 1. The van der Waals surface area contributed by atoms with Crippen LogP contribution < -0.4 is 20.1 Å². The molecule has 0 spiro atoms. The number of pyridine rings is 3. The van der Waals surface area contributed by atoms with Gasteiger partial charge in [0.05, 0.1) is 29.4 Å². The van der Waals surface area contributed by atoms with Gasteiger partial charge in [0.1, 0.15) is 17.1 Å². The fourth-order valence-corrected chi connectivity index (χ4v) is 4.90. The first kappa shape index (κ1) is 29.5. The fourth-order valence-electron chi connectivity index (χ4n) is 4.48. The molecule has 5 heterocycles. The van der Waals surface area contributed by atoms with Crippen LogP contribution in [0.2, 0.25) is 5.02 Å². The molecule has 0 aromatic carbocycles. The van der Waals surface area contributed by atoms with Crippen molar-refractivity contribution in [3.63, 3.8) is 0 Å². The molecule has 0 saturated carbocycles. The van der Waals surface area contributed by atoms with Crippen molar-refractivity contribution in [3.05, 3.63) is 46.7 Å². The van der Waals surface area contributed by atoms with E-state index >= 15 is 0 Å². The molecule has 1 fully saturated rings. The van der Waals surface area contributed by atoms with Crippen LogP contribution in [0, 0.1) is 0 Å². The number of halogens is 3. The summed E-state index contributed by atoms with van der Waals surface area (Å²) in [5, 5.41) is 18.2. The summed E-state index contributed by atoms with van der Waals surface area (Å²) in [7, 11) is 1.56. The molecular weight excluding hydrogens is 559 g/mol. The Kier molecular flexibility index (Phi) is 10.5. The number of hydrogen-bond donors (Lipinski definition) is 3. The number of likely N-dealkylation sites (tertiary alicyclic amines) is 1. The van der Waals surface area contributed by atoms with E-state index in [2.05, 4.69) is 30.5 Å². The van der Waals surface area contributed by atoms with Crippen molar-refractivity contribution < 1.29 is 14.6 Å². The van der Waals surface area contributed by atoms with E-state index in [1.54, 1.807) is 19.4 Å². The largest absolute Gasteiger partial charge is 0.483 e. The van der Waals surface area contributed by atoms with Crippen LogP contribution in [0.15, 0.2) is 30.5 Å². The number of anilines is 1. The molecule has 5 rings (SSSR count). The van der Waals surface area contributed by atoms with Crippen molar-refractivity contribution in [2.45, 2.75) is 31.5 Å². The van der Waals surface area contributed by atoms with E-state index in [1.165, 1.54) is 0 Å². The predicted molar refractivity (Wildman–Crippen MR) is 153 cm³/mol. The number of hydrogen-bond acceptors (Lipinski definition) is 9. The highest BCUT2D eigenvalue weighted by Crippen LogP contribution is 2.31. The fraction of sp³-hybridized carbons (Fsp3) is 0.417. The summed E-state index contributed by atoms with van der Waals surface area (Å²) >= 11 is 11.6. The van der Waals surface area contributed by atoms with Crippen LogP contribution >= 0.6 is 48.6 Å². The van der Waals surface area contributed by atoms with Gasteiger partial charge in [-0.15, -0.1) is 24.8 Å². The molecule has 2 aliphatic heterocycles. The molecule has 2 aliphatic rings. The Hall–Kier alpha value is -2.05. The maximum absolute atomic E-state index is 11.1. The van der Waals surface area contributed by atoms with E-state index in [9.17, 15) is 5.11 Å². The van der Waals surface area contributed by atoms with Gasteiger partial charge < -0.3 is 30.1 Å². The van der Waals surface area contributed by atoms with Crippen LogP contribution in [0.4, 0.5) is 5.82 Å². The van der Waals surface area contributed by atoms with Crippen molar-refractivity contribution in [1.82, 2.24) is 25.2 Å². The molecule has 37 heavy (non-hydrogen) atoms. The first-order chi connectivity index (χ1) is 17.0. The van der Waals surface area contributed by atoms with Crippen molar-refractivity contribution in [2.75, 3.05) is 38.7 Å². The zero-order chi connectivity index (χ0) is 24.4. The normalized spacial score (nSPS) is 16.6. The molecule has 0 aliphatic carbocycles. The van der Waals surface area contributed by atoms with Gasteiger partial charge in [-0.25, -0.2) is 9.97 Å². The van der Waals surface area contributed by atoms with Gasteiger partial charge in [-0.1, -0.05) is 23.8 Å². The van der Waals surface area contributed by atoms with E-state index in [1.807, 2.05) is 18.2 Å². The van der Waals surface area contributed by atoms with Gasteiger partial charge in [0.15, 0.2) is 11.6 Å². The molecule has 9 nitrogen and oxygen atoms in total. The summed E-state index contributed by atoms with van der Waals surface area (Å²) < 4.78 is 10.8. The second-order valence-corrected chi connectivity index (χ2v) is 9.60. The quantitative estimate of drug-likeness (QED) is 0.352. The van der Waals surface area contributed by atoms with Crippen LogP contribution in [0.5, 0.6) is 11.6 Å². The first-order valence-corrected chi connectivity index (χ1v) is 12.3. The average molecular weight is 588 g/mol. The number of fused-ring (bicyclic) bond motifs is 2. The zero-order valence-corrected chi connectivity index (χ0v) is 23.4. The standard InChI is InChI=1S/C24H27ClN6O3S.2ClH/c1-33-20-5-3-17-23(29-20)22(16(25)11-27-17)18(32)12-31-8-6-14(7-9-31)26-10-15-2-4-19-24(28-15)30-21(35)13-34-19;;/h2-5,11,14,18,26,32H,6-10,12-13H2,1H3,(H,28,30,35);2*1H. The van der Waals surface area contributed by atoms with Crippen LogP contribution in [-0.4, -0.2) is 69.3 Å². The maximum atomic E-state index is 11.1. The Morgan fingerprint density at radius 2 is 2.03 bits per heavy atom. The Morgan fingerprint density at radius 1 is 1.24 bits per heavy atom. The Balaban J connectivity index is 0.00000190. The number of nitrogens with one attached hydrogen (secondary N) is 2. The number of ether oxygens (including phenoxy) is 2. The summed E-state index contributed by atoms with van der Waals surface area (Å²) in [5.74, 6) is 1.87. The molecule has 3 aromatic rings. The third-order valence-corrected chi connectivity index (χ3v) is 6.86. The number of nitrogens with zero attached hydrogens (tertiary/aromatic N) is 4. The second kappa shape index (κ2) is 13.1. The Morgan fingerprint density at radius 3 is 2.78 bits per heavy atom. The summed E-state index contributed by atoms with van der Waals surface area (Å²) in [4.78, 5) is 16.3. The van der Waals surface area contributed by atoms with E-state index in [0.29, 0.717) is 64.0 Å². The minimum Gasteiger partial charge on any atom is -0.483 e. The number of rotatable bonds is 7. The molecule has 200 valence electrons. The number of methoxy groups -OCH3 is 1. The van der Waals surface area contributed by atoms with Gasteiger partial charge in [0, 0.05) is 37.0 Å². The maximum Gasteiger partial charge on any atom is 0.213 e. The number of aliphatic hydroxyl groups excluding tert-OH is 1. The number of β-amino-alcohol motifs (C(OH)–C–C–N with tert-alkyl or cyclic N) is 1. The lowest BCUT2D eigenvalue weighted by molar-refractivity contribution is 0.0948. The predicted octanol–water partition coefficient (Wildman–Crippen LogP) is 3.95. The molecule has 1 unspecified atom stereocenters. The van der Waals surface area contributed by atoms with Gasteiger partial charge in [-0.2, -0.15) is 0 Å². The third kappa shape index (κ3) is 6.88. The average Bonchev–Trinajstić information content (AvgIpc) is 2.87. The highest BCUT2D eigenvalue weighted by Gasteiger charge is 2.25. The van der Waals surface area contributed by atoms with Crippen LogP contribution in [0.3, 0.4) is 0 Å². The van der Waals surface area contributed by atoms with Crippen molar-refractivity contribution in [3.8, 4) is 11.6 Å². The molecule has 1 saturated heterocycles. The molecular formula is C24H29Cl3N6O3S. The smallest absolute Gasteiger partial charge is 0.213 e. The highest BCUT2D eigenvalue weighted by molar-refractivity contribution is 7.80. The third-order valence-electron chi connectivity index (χ3n) is 6.34. The van der Waals surface area contributed by atoms with Crippen LogP contribution in [-0.2, 0) is 6.54 Å². The molecule has 1 atom stereocenters. The van der Waals surface area contributed by atoms with Gasteiger partial charge >= 0.3 is 0 Å². The minimum atomic E-state index is -0.780. The van der Waals surface area contributed by atoms with Gasteiger partial charge in [-0.05, 0) is 44.1 Å². The van der Waals surface area contributed by atoms with Crippen molar-refractivity contribution >= 4 is 70.5 Å². The molecule has 3 N–H and O–H groups in total. The molecule has 13 heteroatoms. The van der Waals surface area contributed by atoms with Crippen LogP contribution in [0.1, 0.15) is 30.2 Å².